The highest BCUT2D eigenvalue weighted by molar-refractivity contribution is 5.87. The van der Waals surface area contributed by atoms with Gasteiger partial charge in [0.2, 0.25) is 0 Å². The molecule has 2 heterocycles. The molecule has 0 aliphatic carbocycles. The molecular formula is C12H17N3O4. The molecule has 1 aliphatic heterocycles. The molecule has 7 nitrogen and oxygen atoms in total. The Bertz CT molecular complexity index is 468. The van der Waals surface area contributed by atoms with Gasteiger partial charge in [0.05, 0.1) is 25.6 Å². The summed E-state index contributed by atoms with van der Waals surface area (Å²) in [4.78, 5) is 19.3. The van der Waals surface area contributed by atoms with Crippen LogP contribution in [0.3, 0.4) is 0 Å². The van der Waals surface area contributed by atoms with Crippen LogP contribution in [0.25, 0.3) is 0 Å². The zero-order valence-corrected chi connectivity index (χ0v) is 10.9. The summed E-state index contributed by atoms with van der Waals surface area (Å²) in [6, 6.07) is 0. The minimum absolute atomic E-state index is 0.121. The van der Waals surface area contributed by atoms with E-state index in [-0.39, 0.29) is 18.3 Å². The number of aromatic nitrogens is 2. The van der Waals surface area contributed by atoms with E-state index in [0.29, 0.717) is 18.8 Å². The standard InChI is InChI=1S/C12H17N3O4/c1-8-12(17,3-4-19-8)7-14-10-6-13-5-9(15-10)11(16)18-2/h5-6,8,17H,3-4,7H2,1-2H3,(H,14,15). The number of hydrogen-bond donors (Lipinski definition) is 2. The van der Waals surface area contributed by atoms with Gasteiger partial charge in [0.1, 0.15) is 11.4 Å². The van der Waals surface area contributed by atoms with Crippen LogP contribution in [0.2, 0.25) is 0 Å². The fourth-order valence-corrected chi connectivity index (χ4v) is 1.90. The first-order valence-corrected chi connectivity index (χ1v) is 6.03. The van der Waals surface area contributed by atoms with Crippen LogP contribution in [0.15, 0.2) is 12.4 Å². The van der Waals surface area contributed by atoms with Crippen LogP contribution in [0.4, 0.5) is 5.82 Å². The van der Waals surface area contributed by atoms with Crippen molar-refractivity contribution in [2.45, 2.75) is 25.0 Å². The van der Waals surface area contributed by atoms with Crippen molar-refractivity contribution in [2.75, 3.05) is 25.6 Å². The van der Waals surface area contributed by atoms with Gasteiger partial charge in [-0.1, -0.05) is 0 Å². The van der Waals surface area contributed by atoms with Crippen LogP contribution in [-0.2, 0) is 9.47 Å². The molecule has 0 aromatic carbocycles. The number of ether oxygens (including phenoxy) is 2. The predicted octanol–water partition coefficient (Wildman–Crippen LogP) is 0.215. The molecule has 0 amide bonds. The van der Waals surface area contributed by atoms with Gasteiger partial charge >= 0.3 is 5.97 Å². The molecule has 0 bridgehead atoms. The van der Waals surface area contributed by atoms with E-state index in [1.54, 1.807) is 0 Å². The first-order valence-electron chi connectivity index (χ1n) is 6.03. The summed E-state index contributed by atoms with van der Waals surface area (Å²) >= 11 is 0. The summed E-state index contributed by atoms with van der Waals surface area (Å²) in [6.45, 7) is 2.64. The zero-order valence-electron chi connectivity index (χ0n) is 10.9. The molecule has 1 aromatic heterocycles. The molecule has 1 aromatic rings. The Balaban J connectivity index is 2.02. The van der Waals surface area contributed by atoms with Crippen molar-refractivity contribution in [3.63, 3.8) is 0 Å². The van der Waals surface area contributed by atoms with E-state index in [9.17, 15) is 9.90 Å². The molecule has 0 saturated carbocycles. The number of carbonyl (C=O) groups excluding carboxylic acids is 1. The molecule has 1 fully saturated rings. The number of aliphatic hydroxyl groups is 1. The normalized spacial score (nSPS) is 26.2. The van der Waals surface area contributed by atoms with Crippen molar-refractivity contribution in [2.24, 2.45) is 0 Å². The highest BCUT2D eigenvalue weighted by atomic mass is 16.5. The Labute approximate surface area is 111 Å². The molecular weight excluding hydrogens is 250 g/mol. The topological polar surface area (TPSA) is 93.6 Å². The number of carbonyl (C=O) groups is 1. The van der Waals surface area contributed by atoms with Gasteiger partial charge in [0.25, 0.3) is 0 Å². The Kier molecular flexibility index (Phi) is 3.96. The molecule has 1 aliphatic rings. The van der Waals surface area contributed by atoms with Crippen molar-refractivity contribution in [1.29, 1.82) is 0 Å². The summed E-state index contributed by atoms with van der Waals surface area (Å²) in [7, 11) is 1.28. The van der Waals surface area contributed by atoms with Gasteiger partial charge < -0.3 is 19.9 Å². The van der Waals surface area contributed by atoms with Gasteiger partial charge in [0, 0.05) is 19.6 Å². The highest BCUT2D eigenvalue weighted by Crippen LogP contribution is 2.25. The molecule has 2 N–H and O–H groups in total. The van der Waals surface area contributed by atoms with Crippen LogP contribution >= 0.6 is 0 Å². The van der Waals surface area contributed by atoms with Crippen LogP contribution < -0.4 is 5.32 Å². The Hall–Kier alpha value is -1.73. The van der Waals surface area contributed by atoms with Crippen molar-refractivity contribution < 1.29 is 19.4 Å². The minimum atomic E-state index is -0.928. The maximum absolute atomic E-state index is 11.3. The fourth-order valence-electron chi connectivity index (χ4n) is 1.90. The summed E-state index contributed by atoms with van der Waals surface area (Å²) in [5.74, 6) is -0.136. The van der Waals surface area contributed by atoms with Crippen LogP contribution in [0, 0.1) is 0 Å². The minimum Gasteiger partial charge on any atom is -0.464 e. The van der Waals surface area contributed by atoms with Gasteiger partial charge in [-0.25, -0.2) is 9.78 Å². The third-order valence-corrected chi connectivity index (χ3v) is 3.26. The van der Waals surface area contributed by atoms with E-state index in [0.717, 1.165) is 0 Å². The van der Waals surface area contributed by atoms with E-state index in [1.165, 1.54) is 19.5 Å². The lowest BCUT2D eigenvalue weighted by Gasteiger charge is -2.26. The number of nitrogens with one attached hydrogen (secondary N) is 1. The summed E-state index contributed by atoms with van der Waals surface area (Å²) in [6.07, 6.45) is 3.13. The van der Waals surface area contributed by atoms with Crippen molar-refractivity contribution in [3.8, 4) is 0 Å². The number of methoxy groups -OCH3 is 1. The predicted molar refractivity (Wildman–Crippen MR) is 66.8 cm³/mol. The van der Waals surface area contributed by atoms with Crippen molar-refractivity contribution >= 4 is 11.8 Å². The van der Waals surface area contributed by atoms with E-state index in [1.807, 2.05) is 6.92 Å². The monoisotopic (exact) mass is 267 g/mol. The molecule has 2 atom stereocenters. The summed E-state index contributed by atoms with van der Waals surface area (Å²) in [5, 5.41) is 13.3. The third kappa shape index (κ3) is 2.99. The molecule has 1 saturated heterocycles. The Morgan fingerprint density at radius 2 is 2.47 bits per heavy atom. The van der Waals surface area contributed by atoms with E-state index in [4.69, 9.17) is 4.74 Å². The highest BCUT2D eigenvalue weighted by Gasteiger charge is 2.39. The summed E-state index contributed by atoms with van der Waals surface area (Å²) in [5.41, 5.74) is -0.807. The van der Waals surface area contributed by atoms with E-state index < -0.39 is 11.6 Å². The fraction of sp³-hybridized carbons (Fsp3) is 0.583. The first kappa shape index (κ1) is 13.7. The molecule has 0 spiro atoms. The summed E-state index contributed by atoms with van der Waals surface area (Å²) < 4.78 is 9.90. The molecule has 104 valence electrons. The Morgan fingerprint density at radius 1 is 1.68 bits per heavy atom. The van der Waals surface area contributed by atoms with E-state index in [2.05, 4.69) is 20.0 Å². The van der Waals surface area contributed by atoms with Gasteiger partial charge in [-0.15, -0.1) is 0 Å². The zero-order chi connectivity index (χ0) is 13.9. The van der Waals surface area contributed by atoms with Gasteiger partial charge in [-0.05, 0) is 6.92 Å². The van der Waals surface area contributed by atoms with Gasteiger partial charge in [-0.3, -0.25) is 4.98 Å². The molecule has 7 heteroatoms. The number of anilines is 1. The number of rotatable bonds is 4. The van der Waals surface area contributed by atoms with Crippen molar-refractivity contribution in [1.82, 2.24) is 9.97 Å². The smallest absolute Gasteiger partial charge is 0.358 e. The Morgan fingerprint density at radius 3 is 3.11 bits per heavy atom. The lowest BCUT2D eigenvalue weighted by Crippen LogP contribution is -2.43. The second-order valence-electron chi connectivity index (χ2n) is 4.50. The molecule has 2 unspecified atom stereocenters. The lowest BCUT2D eigenvalue weighted by atomic mass is 9.97. The first-order chi connectivity index (χ1) is 9.05. The number of esters is 1. The maximum Gasteiger partial charge on any atom is 0.358 e. The van der Waals surface area contributed by atoms with Crippen LogP contribution in [0.5, 0.6) is 0 Å². The second kappa shape index (κ2) is 5.50. The molecule has 2 rings (SSSR count). The SMILES string of the molecule is COC(=O)c1cncc(NCC2(O)CCOC2C)n1. The van der Waals surface area contributed by atoms with Crippen LogP contribution in [-0.4, -0.2) is 53.0 Å². The maximum atomic E-state index is 11.3. The van der Waals surface area contributed by atoms with Gasteiger partial charge in [-0.2, -0.15) is 0 Å². The largest absolute Gasteiger partial charge is 0.464 e. The third-order valence-electron chi connectivity index (χ3n) is 3.26. The average Bonchev–Trinajstić information content (AvgIpc) is 2.76. The van der Waals surface area contributed by atoms with Crippen LogP contribution in [0.1, 0.15) is 23.8 Å². The molecule has 0 radical (unpaired) electrons. The quantitative estimate of drug-likeness (QED) is 0.753. The van der Waals surface area contributed by atoms with E-state index >= 15 is 0 Å². The number of hydrogen-bond acceptors (Lipinski definition) is 7. The average molecular weight is 267 g/mol. The van der Waals surface area contributed by atoms with Crippen molar-refractivity contribution in [3.05, 3.63) is 18.1 Å². The van der Waals surface area contributed by atoms with Gasteiger partial charge in [0.15, 0.2) is 5.69 Å². The lowest BCUT2D eigenvalue weighted by molar-refractivity contribution is -0.0176. The second-order valence-corrected chi connectivity index (χ2v) is 4.50. The number of nitrogens with zero attached hydrogens (tertiary/aromatic N) is 2. The molecule has 19 heavy (non-hydrogen) atoms.